The second-order valence-corrected chi connectivity index (χ2v) is 6.19. The largest absolute Gasteiger partial charge is 0.304 e. The first-order valence-electron chi connectivity index (χ1n) is 8.97. The van der Waals surface area contributed by atoms with Gasteiger partial charge in [0.2, 0.25) is 0 Å². The van der Waals surface area contributed by atoms with Crippen LogP contribution >= 0.6 is 0 Å². The van der Waals surface area contributed by atoms with E-state index in [0.29, 0.717) is 18.7 Å². The fourth-order valence-electron chi connectivity index (χ4n) is 3.15. The average Bonchev–Trinajstić information content (AvgIpc) is 2.65. The molecule has 0 spiro atoms. The van der Waals surface area contributed by atoms with Crippen molar-refractivity contribution in [2.24, 2.45) is 0 Å². The van der Waals surface area contributed by atoms with Crippen molar-refractivity contribution in [2.75, 3.05) is 19.6 Å². The lowest BCUT2D eigenvalue weighted by Gasteiger charge is -2.20. The quantitative estimate of drug-likeness (QED) is 0.665. The van der Waals surface area contributed by atoms with Crippen molar-refractivity contribution in [3.63, 3.8) is 0 Å². The van der Waals surface area contributed by atoms with Gasteiger partial charge in [-0.2, -0.15) is 0 Å². The molecule has 0 radical (unpaired) electrons. The predicted octanol–water partition coefficient (Wildman–Crippen LogP) is 3.33. The smallest absolute Gasteiger partial charge is 0.273 e. The summed E-state index contributed by atoms with van der Waals surface area (Å²) in [6.45, 7) is 7.84. The Morgan fingerprint density at radius 2 is 1.64 bits per heavy atom. The lowest BCUT2D eigenvalue weighted by atomic mass is 10.1. The van der Waals surface area contributed by atoms with Gasteiger partial charge in [0.25, 0.3) is 5.56 Å². The van der Waals surface area contributed by atoms with Gasteiger partial charge in [0, 0.05) is 19.5 Å². The Bertz CT molecular complexity index is 883. The molecule has 0 aliphatic heterocycles. The van der Waals surface area contributed by atoms with E-state index in [0.717, 1.165) is 36.2 Å². The maximum absolute atomic E-state index is 13.1. The topological polar surface area (TPSA) is 38.1 Å². The molecule has 0 unspecified atom stereocenters. The SMILES string of the molecule is CCN(CC)CCn1c(=O)c(Cc2ccccc2)nc2ccccc21. The highest BCUT2D eigenvalue weighted by atomic mass is 16.1. The number of para-hydroxylation sites is 2. The minimum atomic E-state index is 0.0229. The van der Waals surface area contributed by atoms with Gasteiger partial charge in [0.05, 0.1) is 11.0 Å². The molecular weight excluding hydrogens is 310 g/mol. The van der Waals surface area contributed by atoms with E-state index in [1.54, 1.807) is 0 Å². The Balaban J connectivity index is 2.01. The number of fused-ring (bicyclic) bond motifs is 1. The van der Waals surface area contributed by atoms with Gasteiger partial charge in [0.15, 0.2) is 0 Å². The molecule has 0 bridgehead atoms. The van der Waals surface area contributed by atoms with Crippen LogP contribution in [-0.4, -0.2) is 34.1 Å². The summed E-state index contributed by atoms with van der Waals surface area (Å²) in [5, 5.41) is 0. The Kier molecular flexibility index (Phi) is 5.61. The van der Waals surface area contributed by atoms with Crippen LogP contribution in [-0.2, 0) is 13.0 Å². The second-order valence-electron chi connectivity index (χ2n) is 6.19. The van der Waals surface area contributed by atoms with Gasteiger partial charge in [0.1, 0.15) is 5.69 Å². The predicted molar refractivity (Wildman–Crippen MR) is 103 cm³/mol. The van der Waals surface area contributed by atoms with Crippen molar-refractivity contribution in [3.05, 3.63) is 76.2 Å². The van der Waals surface area contributed by atoms with E-state index in [4.69, 9.17) is 0 Å². The average molecular weight is 335 g/mol. The van der Waals surface area contributed by atoms with Crippen LogP contribution in [0, 0.1) is 0 Å². The Labute approximate surface area is 148 Å². The standard InChI is InChI=1S/C21H25N3O/c1-3-23(4-2)14-15-24-20-13-9-8-12-18(20)22-19(21(24)25)16-17-10-6-5-7-11-17/h5-13H,3-4,14-16H2,1-2H3. The molecule has 0 aliphatic carbocycles. The van der Waals surface area contributed by atoms with Crippen LogP contribution < -0.4 is 5.56 Å². The highest BCUT2D eigenvalue weighted by Crippen LogP contribution is 2.12. The van der Waals surface area contributed by atoms with Crippen LogP contribution in [0.3, 0.4) is 0 Å². The van der Waals surface area contributed by atoms with E-state index in [1.807, 2.05) is 59.2 Å². The normalized spacial score (nSPS) is 11.3. The maximum atomic E-state index is 13.1. The van der Waals surface area contributed by atoms with Crippen molar-refractivity contribution in [3.8, 4) is 0 Å². The summed E-state index contributed by atoms with van der Waals surface area (Å²) in [5.74, 6) is 0. The highest BCUT2D eigenvalue weighted by Gasteiger charge is 2.12. The molecule has 3 aromatic rings. The van der Waals surface area contributed by atoms with Crippen molar-refractivity contribution in [1.29, 1.82) is 0 Å². The van der Waals surface area contributed by atoms with Crippen LogP contribution in [0.4, 0.5) is 0 Å². The summed E-state index contributed by atoms with van der Waals surface area (Å²) in [6, 6.07) is 18.0. The third-order valence-electron chi connectivity index (χ3n) is 4.67. The third kappa shape index (κ3) is 3.97. The first-order chi connectivity index (χ1) is 12.2. The minimum Gasteiger partial charge on any atom is -0.304 e. The van der Waals surface area contributed by atoms with Crippen molar-refractivity contribution in [2.45, 2.75) is 26.8 Å². The fourth-order valence-corrected chi connectivity index (χ4v) is 3.15. The van der Waals surface area contributed by atoms with Crippen LogP contribution in [0.5, 0.6) is 0 Å². The first kappa shape index (κ1) is 17.4. The lowest BCUT2D eigenvalue weighted by molar-refractivity contribution is 0.290. The molecule has 4 nitrogen and oxygen atoms in total. The van der Waals surface area contributed by atoms with Gasteiger partial charge >= 0.3 is 0 Å². The monoisotopic (exact) mass is 335 g/mol. The van der Waals surface area contributed by atoms with E-state index in [9.17, 15) is 4.79 Å². The fraction of sp³-hybridized carbons (Fsp3) is 0.333. The molecule has 0 saturated heterocycles. The molecule has 130 valence electrons. The van der Waals surface area contributed by atoms with Gasteiger partial charge < -0.3 is 9.47 Å². The zero-order chi connectivity index (χ0) is 17.6. The lowest BCUT2D eigenvalue weighted by Crippen LogP contribution is -2.33. The van der Waals surface area contributed by atoms with Gasteiger partial charge in [-0.3, -0.25) is 4.79 Å². The summed E-state index contributed by atoms with van der Waals surface area (Å²) in [7, 11) is 0. The molecule has 0 N–H and O–H groups in total. The van der Waals surface area contributed by atoms with Gasteiger partial charge in [-0.25, -0.2) is 4.98 Å². The summed E-state index contributed by atoms with van der Waals surface area (Å²) in [6.07, 6.45) is 0.565. The molecule has 0 saturated carbocycles. The molecule has 1 heterocycles. The highest BCUT2D eigenvalue weighted by molar-refractivity contribution is 5.74. The maximum Gasteiger partial charge on any atom is 0.273 e. The number of benzene rings is 2. The van der Waals surface area contributed by atoms with Crippen LogP contribution in [0.1, 0.15) is 25.1 Å². The van der Waals surface area contributed by atoms with Crippen molar-refractivity contribution < 1.29 is 0 Å². The van der Waals surface area contributed by atoms with Gasteiger partial charge in [-0.15, -0.1) is 0 Å². The molecule has 25 heavy (non-hydrogen) atoms. The number of likely N-dealkylation sites (N-methyl/N-ethyl adjacent to an activating group) is 1. The zero-order valence-corrected chi connectivity index (χ0v) is 15.0. The summed E-state index contributed by atoms with van der Waals surface area (Å²) in [5.41, 5.74) is 3.54. The second kappa shape index (κ2) is 8.08. The molecule has 2 aromatic carbocycles. The van der Waals surface area contributed by atoms with Crippen LogP contribution in [0.2, 0.25) is 0 Å². The molecule has 3 rings (SSSR count). The zero-order valence-electron chi connectivity index (χ0n) is 15.0. The van der Waals surface area contributed by atoms with Crippen LogP contribution in [0.15, 0.2) is 59.4 Å². The van der Waals surface area contributed by atoms with Gasteiger partial charge in [-0.1, -0.05) is 56.3 Å². The summed E-state index contributed by atoms with van der Waals surface area (Å²) >= 11 is 0. The van der Waals surface area contributed by atoms with E-state index >= 15 is 0 Å². The molecule has 0 amide bonds. The minimum absolute atomic E-state index is 0.0229. The number of hydrogen-bond acceptors (Lipinski definition) is 3. The molecular formula is C21H25N3O. The Hall–Kier alpha value is -2.46. The third-order valence-corrected chi connectivity index (χ3v) is 4.67. The molecule has 0 aliphatic rings. The first-order valence-corrected chi connectivity index (χ1v) is 8.97. The molecule has 4 heteroatoms. The van der Waals surface area contributed by atoms with E-state index < -0.39 is 0 Å². The summed E-state index contributed by atoms with van der Waals surface area (Å²) < 4.78 is 1.89. The summed E-state index contributed by atoms with van der Waals surface area (Å²) in [4.78, 5) is 20.0. The van der Waals surface area contributed by atoms with E-state index in [-0.39, 0.29) is 5.56 Å². The Morgan fingerprint density at radius 3 is 2.36 bits per heavy atom. The van der Waals surface area contributed by atoms with E-state index in [1.165, 1.54) is 0 Å². The molecule has 0 atom stereocenters. The number of hydrogen-bond donors (Lipinski definition) is 0. The van der Waals surface area contributed by atoms with Gasteiger partial charge in [-0.05, 0) is 30.8 Å². The number of rotatable bonds is 7. The van der Waals surface area contributed by atoms with E-state index in [2.05, 4.69) is 23.7 Å². The van der Waals surface area contributed by atoms with Crippen LogP contribution in [0.25, 0.3) is 11.0 Å². The Morgan fingerprint density at radius 1 is 0.960 bits per heavy atom. The van der Waals surface area contributed by atoms with Crippen molar-refractivity contribution >= 4 is 11.0 Å². The number of nitrogens with zero attached hydrogens (tertiary/aromatic N) is 3. The molecule has 0 fully saturated rings. The van der Waals surface area contributed by atoms with Crippen molar-refractivity contribution in [1.82, 2.24) is 14.5 Å². The number of aromatic nitrogens is 2. The molecule has 1 aromatic heterocycles.